The lowest BCUT2D eigenvalue weighted by Crippen LogP contribution is -2.49. The number of hydrogen-bond acceptors (Lipinski definition) is 9. The number of aromatic amines is 1. The van der Waals surface area contributed by atoms with Crippen molar-refractivity contribution in [2.24, 2.45) is 5.92 Å². The van der Waals surface area contributed by atoms with Gasteiger partial charge < -0.3 is 24.2 Å². The van der Waals surface area contributed by atoms with E-state index in [2.05, 4.69) is 31.1 Å². The number of aromatic nitrogens is 3. The van der Waals surface area contributed by atoms with E-state index in [1.54, 1.807) is 30.6 Å². The number of carbonyl (C=O) groups excluding carboxylic acids is 1. The molecule has 0 radical (unpaired) electrons. The Bertz CT molecular complexity index is 1390. The van der Waals surface area contributed by atoms with Crippen molar-refractivity contribution in [2.75, 3.05) is 68.9 Å². The van der Waals surface area contributed by atoms with Crippen LogP contribution in [0.5, 0.6) is 5.75 Å². The quantitative estimate of drug-likeness (QED) is 0.404. The maximum atomic E-state index is 13.0. The van der Waals surface area contributed by atoms with Gasteiger partial charge in [-0.1, -0.05) is 0 Å². The molecule has 1 amide bonds. The number of amides is 1. The van der Waals surface area contributed by atoms with Crippen molar-refractivity contribution in [2.45, 2.75) is 13.3 Å². The van der Waals surface area contributed by atoms with E-state index in [1.807, 2.05) is 30.0 Å². The van der Waals surface area contributed by atoms with Gasteiger partial charge in [-0.25, -0.2) is 10.1 Å². The molecule has 11 heteroatoms. The molecule has 3 aromatic rings. The van der Waals surface area contributed by atoms with Crippen molar-refractivity contribution in [3.8, 4) is 11.8 Å². The molecule has 0 bridgehead atoms. The number of carbonyl (C=O) groups is 1. The van der Waals surface area contributed by atoms with Crippen molar-refractivity contribution >= 4 is 17.4 Å². The summed E-state index contributed by atoms with van der Waals surface area (Å²) in [6.07, 6.45) is 4.29. The van der Waals surface area contributed by atoms with Crippen molar-refractivity contribution in [1.82, 2.24) is 20.1 Å². The molecule has 1 aromatic carbocycles. The van der Waals surface area contributed by atoms with Gasteiger partial charge in [-0.05, 0) is 49.7 Å². The Labute approximate surface area is 232 Å². The second-order valence-corrected chi connectivity index (χ2v) is 10.1. The molecule has 5 rings (SSSR count). The van der Waals surface area contributed by atoms with Crippen LogP contribution in [-0.4, -0.2) is 85.1 Å². The summed E-state index contributed by atoms with van der Waals surface area (Å²) in [7, 11) is 0. The Kier molecular flexibility index (Phi) is 8.56. The number of ether oxygens (including phenoxy) is 2. The summed E-state index contributed by atoms with van der Waals surface area (Å²) in [5.74, 6) is 1.91. The minimum atomic E-state index is -0.150. The van der Waals surface area contributed by atoms with Gasteiger partial charge in [-0.15, -0.1) is 0 Å². The Balaban J connectivity index is 1.00. The first kappa shape index (κ1) is 27.1. The smallest absolute Gasteiger partial charge is 0.269 e. The third-order valence-corrected chi connectivity index (χ3v) is 7.42. The predicted molar refractivity (Wildman–Crippen MR) is 150 cm³/mol. The molecule has 2 fully saturated rings. The van der Waals surface area contributed by atoms with E-state index in [0.717, 1.165) is 31.0 Å². The van der Waals surface area contributed by atoms with Crippen LogP contribution in [0.4, 0.5) is 11.5 Å². The van der Waals surface area contributed by atoms with Gasteiger partial charge in [0.05, 0.1) is 30.7 Å². The van der Waals surface area contributed by atoms with Gasteiger partial charge in [0.15, 0.2) is 0 Å². The highest BCUT2D eigenvalue weighted by Crippen LogP contribution is 2.24. The monoisotopic (exact) mass is 543 g/mol. The molecule has 2 aliphatic heterocycles. The number of anilines is 2. The van der Waals surface area contributed by atoms with Crippen LogP contribution in [0, 0.1) is 24.2 Å². The van der Waals surface area contributed by atoms with Crippen molar-refractivity contribution < 1.29 is 14.3 Å². The van der Waals surface area contributed by atoms with Crippen LogP contribution < -0.4 is 20.1 Å². The third-order valence-electron chi connectivity index (χ3n) is 7.42. The van der Waals surface area contributed by atoms with E-state index >= 15 is 0 Å². The molecule has 40 heavy (non-hydrogen) atoms. The standard InChI is InChI=1S/C29H33N7O4/c1-21-26(18-32-33-28(21)37)36-9-8-23(19-36)20-39-14-15-40-25-5-3-24(4-6-25)29(38)35-12-10-34(11-13-35)27-7-2-22(16-30)17-31-27/h2-7,17-18,23H,8-15,19-20H2,1H3,(H,33,37). The first-order chi connectivity index (χ1) is 19.5. The number of nitrogens with zero attached hydrogens (tertiary/aromatic N) is 6. The van der Waals surface area contributed by atoms with E-state index in [9.17, 15) is 9.59 Å². The molecular weight excluding hydrogens is 510 g/mol. The lowest BCUT2D eigenvalue weighted by atomic mass is 10.1. The normalized spacial score (nSPS) is 17.1. The minimum absolute atomic E-state index is 0.000914. The minimum Gasteiger partial charge on any atom is -0.491 e. The number of rotatable bonds is 9. The Morgan fingerprint density at radius 3 is 2.58 bits per heavy atom. The third kappa shape index (κ3) is 6.40. The molecule has 0 spiro atoms. The topological polar surface area (TPSA) is 128 Å². The fourth-order valence-corrected chi connectivity index (χ4v) is 5.08. The van der Waals surface area contributed by atoms with Crippen LogP contribution in [-0.2, 0) is 4.74 Å². The zero-order valence-corrected chi connectivity index (χ0v) is 22.6. The molecule has 1 unspecified atom stereocenters. The van der Waals surface area contributed by atoms with E-state index in [1.165, 1.54) is 0 Å². The van der Waals surface area contributed by atoms with Gasteiger partial charge in [0, 0.05) is 62.5 Å². The zero-order chi connectivity index (χ0) is 27.9. The van der Waals surface area contributed by atoms with Gasteiger partial charge in [0.1, 0.15) is 24.2 Å². The van der Waals surface area contributed by atoms with Gasteiger partial charge in [0.2, 0.25) is 0 Å². The summed E-state index contributed by atoms with van der Waals surface area (Å²) < 4.78 is 11.7. The Morgan fingerprint density at radius 1 is 1.05 bits per heavy atom. The lowest BCUT2D eigenvalue weighted by Gasteiger charge is -2.35. The molecule has 208 valence electrons. The van der Waals surface area contributed by atoms with Crippen LogP contribution in [0.25, 0.3) is 0 Å². The number of piperazine rings is 1. The summed E-state index contributed by atoms with van der Waals surface area (Å²) >= 11 is 0. The van der Waals surface area contributed by atoms with Gasteiger partial charge >= 0.3 is 0 Å². The van der Waals surface area contributed by atoms with E-state index in [-0.39, 0.29) is 11.5 Å². The molecular formula is C29H33N7O4. The first-order valence-electron chi connectivity index (χ1n) is 13.5. The highest BCUT2D eigenvalue weighted by atomic mass is 16.5. The Hall–Kier alpha value is -4.43. The number of nitriles is 1. The molecule has 1 N–H and O–H groups in total. The van der Waals surface area contributed by atoms with Gasteiger partial charge in [-0.2, -0.15) is 10.4 Å². The second-order valence-electron chi connectivity index (χ2n) is 10.1. The molecule has 4 heterocycles. The molecule has 2 saturated heterocycles. The molecule has 0 saturated carbocycles. The highest BCUT2D eigenvalue weighted by Gasteiger charge is 2.25. The maximum Gasteiger partial charge on any atom is 0.269 e. The zero-order valence-electron chi connectivity index (χ0n) is 22.6. The average Bonchev–Trinajstić information content (AvgIpc) is 3.47. The van der Waals surface area contributed by atoms with E-state index in [0.29, 0.717) is 74.4 Å². The van der Waals surface area contributed by atoms with Crippen LogP contribution >= 0.6 is 0 Å². The van der Waals surface area contributed by atoms with Crippen molar-refractivity contribution in [3.63, 3.8) is 0 Å². The number of hydrogen-bond donors (Lipinski definition) is 1. The molecule has 11 nitrogen and oxygen atoms in total. The maximum absolute atomic E-state index is 13.0. The summed E-state index contributed by atoms with van der Waals surface area (Å²) in [6, 6.07) is 12.9. The van der Waals surface area contributed by atoms with Gasteiger partial charge in [-0.3, -0.25) is 9.59 Å². The summed E-state index contributed by atoms with van der Waals surface area (Å²) in [6.45, 7) is 7.66. The highest BCUT2D eigenvalue weighted by molar-refractivity contribution is 5.94. The summed E-state index contributed by atoms with van der Waals surface area (Å²) in [5.41, 5.74) is 2.59. The molecule has 2 aliphatic rings. The number of nitrogens with one attached hydrogen (secondary N) is 1. The van der Waals surface area contributed by atoms with Crippen LogP contribution in [0.3, 0.4) is 0 Å². The SMILES string of the molecule is Cc1c(N2CCC(COCCOc3ccc(C(=O)N4CCN(c5ccc(C#N)cn5)CC4)cc3)C2)cn[nH]c1=O. The lowest BCUT2D eigenvalue weighted by molar-refractivity contribution is 0.0745. The largest absolute Gasteiger partial charge is 0.491 e. The van der Waals surface area contributed by atoms with Crippen LogP contribution in [0.15, 0.2) is 53.6 Å². The number of pyridine rings is 1. The van der Waals surface area contributed by atoms with E-state index in [4.69, 9.17) is 14.7 Å². The summed E-state index contributed by atoms with van der Waals surface area (Å²) in [5, 5.41) is 15.3. The summed E-state index contributed by atoms with van der Waals surface area (Å²) in [4.78, 5) is 35.3. The molecule has 2 aromatic heterocycles. The van der Waals surface area contributed by atoms with Crippen LogP contribution in [0.1, 0.15) is 27.9 Å². The molecule has 0 aliphatic carbocycles. The van der Waals surface area contributed by atoms with Crippen molar-refractivity contribution in [1.29, 1.82) is 5.26 Å². The Morgan fingerprint density at radius 2 is 1.85 bits per heavy atom. The number of H-pyrrole nitrogens is 1. The molecule has 1 atom stereocenters. The average molecular weight is 544 g/mol. The van der Waals surface area contributed by atoms with Crippen LogP contribution in [0.2, 0.25) is 0 Å². The van der Waals surface area contributed by atoms with E-state index < -0.39 is 0 Å². The van der Waals surface area contributed by atoms with Crippen molar-refractivity contribution in [3.05, 3.63) is 75.8 Å². The number of benzene rings is 1. The first-order valence-corrected chi connectivity index (χ1v) is 13.5. The second kappa shape index (κ2) is 12.6. The fourth-order valence-electron chi connectivity index (χ4n) is 5.08. The van der Waals surface area contributed by atoms with Gasteiger partial charge in [0.25, 0.3) is 11.5 Å². The predicted octanol–water partition coefficient (Wildman–Crippen LogP) is 2.23. The fraction of sp³-hybridized carbons (Fsp3) is 0.414.